The van der Waals surface area contributed by atoms with Crippen LogP contribution in [0.1, 0.15) is 46.9 Å². The van der Waals surface area contributed by atoms with Crippen molar-refractivity contribution in [3.05, 3.63) is 33.6 Å². The number of methoxy groups -OCH3 is 1. The van der Waals surface area contributed by atoms with Gasteiger partial charge in [-0.05, 0) is 46.8 Å². The topological polar surface area (TPSA) is 69.0 Å². The summed E-state index contributed by atoms with van der Waals surface area (Å²) in [6.07, 6.45) is 1.73. The van der Waals surface area contributed by atoms with Crippen LogP contribution in [0.4, 0.5) is 0 Å². The lowest BCUT2D eigenvalue weighted by molar-refractivity contribution is 0.0907. The number of fused-ring (bicyclic) bond motifs is 1. The Labute approximate surface area is 163 Å². The molecule has 0 bridgehead atoms. The highest BCUT2D eigenvalue weighted by Gasteiger charge is 2.20. The summed E-state index contributed by atoms with van der Waals surface area (Å²) in [4.78, 5) is 20.2. The molecule has 0 aliphatic heterocycles. The standard InChI is InChI=1S/C20H26N4O2S/c1-11(2)24-19-17(9-21-24)16(20(25)22-12(3)10-26-6)8-18(23-19)15-7-13(4)27-14(15)5/h7-9,11-12H,10H2,1-6H3,(H,22,25). The van der Waals surface area contributed by atoms with Crippen molar-refractivity contribution in [1.29, 1.82) is 0 Å². The maximum absolute atomic E-state index is 13.0. The average molecular weight is 387 g/mol. The summed E-state index contributed by atoms with van der Waals surface area (Å²) in [5.41, 5.74) is 3.19. The van der Waals surface area contributed by atoms with Crippen LogP contribution in [0.5, 0.6) is 0 Å². The zero-order chi connectivity index (χ0) is 19.7. The van der Waals surface area contributed by atoms with Gasteiger partial charge >= 0.3 is 0 Å². The van der Waals surface area contributed by atoms with Crippen LogP contribution in [0.2, 0.25) is 0 Å². The lowest BCUT2D eigenvalue weighted by atomic mass is 10.1. The molecule has 0 fully saturated rings. The van der Waals surface area contributed by atoms with Crippen LogP contribution in [-0.4, -0.2) is 40.4 Å². The highest BCUT2D eigenvalue weighted by molar-refractivity contribution is 7.12. The van der Waals surface area contributed by atoms with Gasteiger partial charge in [-0.2, -0.15) is 5.10 Å². The lowest BCUT2D eigenvalue weighted by Gasteiger charge is -2.14. The third-order valence-corrected chi connectivity index (χ3v) is 5.38. The summed E-state index contributed by atoms with van der Waals surface area (Å²) < 4.78 is 7.00. The van der Waals surface area contributed by atoms with E-state index in [9.17, 15) is 4.79 Å². The molecule has 144 valence electrons. The quantitative estimate of drug-likeness (QED) is 0.692. The molecule has 6 nitrogen and oxygen atoms in total. The minimum atomic E-state index is -0.138. The van der Waals surface area contributed by atoms with Gasteiger partial charge in [0.15, 0.2) is 5.65 Å². The first-order valence-corrected chi connectivity index (χ1v) is 9.89. The Morgan fingerprint density at radius 1 is 1.30 bits per heavy atom. The molecule has 0 aliphatic rings. The minimum absolute atomic E-state index is 0.0839. The molecular formula is C20H26N4O2S. The maximum Gasteiger partial charge on any atom is 0.252 e. The average Bonchev–Trinajstić information content (AvgIpc) is 3.16. The molecule has 1 amide bonds. The third kappa shape index (κ3) is 3.89. The Balaban J connectivity index is 2.16. The van der Waals surface area contributed by atoms with E-state index in [0.29, 0.717) is 12.2 Å². The second-order valence-electron chi connectivity index (χ2n) is 7.13. The number of pyridine rings is 1. The largest absolute Gasteiger partial charge is 0.383 e. The number of ether oxygens (including phenoxy) is 1. The normalized spacial score (nSPS) is 12.7. The van der Waals surface area contributed by atoms with Gasteiger partial charge in [0.1, 0.15) is 0 Å². The molecule has 0 spiro atoms. The van der Waals surface area contributed by atoms with Crippen LogP contribution in [0, 0.1) is 13.8 Å². The van der Waals surface area contributed by atoms with Gasteiger partial charge in [-0.1, -0.05) is 0 Å². The molecule has 3 aromatic rings. The monoisotopic (exact) mass is 386 g/mol. The number of aryl methyl sites for hydroxylation is 2. The fourth-order valence-electron chi connectivity index (χ4n) is 3.20. The first-order valence-electron chi connectivity index (χ1n) is 9.07. The number of hydrogen-bond donors (Lipinski definition) is 1. The minimum Gasteiger partial charge on any atom is -0.383 e. The van der Waals surface area contributed by atoms with Crippen LogP contribution in [0.3, 0.4) is 0 Å². The SMILES string of the molecule is COCC(C)NC(=O)c1cc(-c2cc(C)sc2C)nc2c1cnn2C(C)C. The number of carbonyl (C=O) groups is 1. The Hall–Kier alpha value is -2.25. The third-order valence-electron chi connectivity index (χ3n) is 4.41. The molecule has 3 heterocycles. The van der Waals surface area contributed by atoms with Crippen molar-refractivity contribution in [1.82, 2.24) is 20.1 Å². The molecule has 0 saturated heterocycles. The van der Waals surface area contributed by atoms with E-state index in [1.807, 2.05) is 17.7 Å². The number of nitrogens with zero attached hydrogens (tertiary/aromatic N) is 3. The number of carbonyl (C=O) groups excluding carboxylic acids is 1. The fraction of sp³-hybridized carbons (Fsp3) is 0.450. The van der Waals surface area contributed by atoms with Crippen LogP contribution < -0.4 is 5.32 Å². The lowest BCUT2D eigenvalue weighted by Crippen LogP contribution is -2.35. The summed E-state index contributed by atoms with van der Waals surface area (Å²) in [6, 6.07) is 4.07. The van der Waals surface area contributed by atoms with Gasteiger partial charge in [0, 0.05) is 34.5 Å². The highest BCUT2D eigenvalue weighted by Crippen LogP contribution is 2.32. The fourth-order valence-corrected chi connectivity index (χ4v) is 4.13. The predicted molar refractivity (Wildman–Crippen MR) is 110 cm³/mol. The van der Waals surface area contributed by atoms with Crippen molar-refractivity contribution in [2.24, 2.45) is 0 Å². The van der Waals surface area contributed by atoms with E-state index in [4.69, 9.17) is 9.72 Å². The molecule has 3 aromatic heterocycles. The summed E-state index contributed by atoms with van der Waals surface area (Å²) in [7, 11) is 1.62. The Morgan fingerprint density at radius 3 is 2.63 bits per heavy atom. The molecule has 0 radical (unpaired) electrons. The van der Waals surface area contributed by atoms with Crippen molar-refractivity contribution >= 4 is 28.3 Å². The van der Waals surface area contributed by atoms with Gasteiger partial charge in [-0.3, -0.25) is 4.79 Å². The second-order valence-corrected chi connectivity index (χ2v) is 8.59. The maximum atomic E-state index is 13.0. The van der Waals surface area contributed by atoms with E-state index >= 15 is 0 Å². The Bertz CT molecular complexity index is 974. The van der Waals surface area contributed by atoms with Gasteiger partial charge in [-0.15, -0.1) is 11.3 Å². The molecule has 1 unspecified atom stereocenters. The molecule has 0 aromatic carbocycles. The van der Waals surface area contributed by atoms with Crippen LogP contribution in [0.15, 0.2) is 18.3 Å². The van der Waals surface area contributed by atoms with E-state index in [0.717, 1.165) is 22.3 Å². The molecule has 7 heteroatoms. The van der Waals surface area contributed by atoms with Crippen molar-refractivity contribution in [2.45, 2.75) is 46.7 Å². The van der Waals surface area contributed by atoms with Crippen LogP contribution in [0.25, 0.3) is 22.3 Å². The van der Waals surface area contributed by atoms with Gasteiger partial charge in [0.25, 0.3) is 5.91 Å². The summed E-state index contributed by atoms with van der Waals surface area (Å²) in [5.74, 6) is -0.138. The zero-order valence-electron chi connectivity index (χ0n) is 16.7. The summed E-state index contributed by atoms with van der Waals surface area (Å²) >= 11 is 1.73. The number of thiophene rings is 1. The predicted octanol–water partition coefficient (Wildman–Crippen LogP) is 4.12. The first kappa shape index (κ1) is 19.5. The van der Waals surface area contributed by atoms with Gasteiger partial charge in [0.05, 0.1) is 29.4 Å². The number of nitrogens with one attached hydrogen (secondary N) is 1. The second kappa shape index (κ2) is 7.78. The number of rotatable bonds is 6. The van der Waals surface area contributed by atoms with E-state index in [1.165, 1.54) is 9.75 Å². The van der Waals surface area contributed by atoms with E-state index in [-0.39, 0.29) is 18.0 Å². The highest BCUT2D eigenvalue weighted by atomic mass is 32.1. The van der Waals surface area contributed by atoms with Crippen LogP contribution >= 0.6 is 11.3 Å². The van der Waals surface area contributed by atoms with Crippen molar-refractivity contribution < 1.29 is 9.53 Å². The molecule has 1 atom stereocenters. The Morgan fingerprint density at radius 2 is 2.04 bits per heavy atom. The molecule has 3 rings (SSSR count). The number of aromatic nitrogens is 3. The molecular weight excluding hydrogens is 360 g/mol. The molecule has 1 N–H and O–H groups in total. The molecule has 27 heavy (non-hydrogen) atoms. The van der Waals surface area contributed by atoms with E-state index < -0.39 is 0 Å². The van der Waals surface area contributed by atoms with Gasteiger partial charge in [-0.25, -0.2) is 9.67 Å². The van der Waals surface area contributed by atoms with E-state index in [1.54, 1.807) is 24.6 Å². The van der Waals surface area contributed by atoms with Crippen molar-refractivity contribution in [3.8, 4) is 11.3 Å². The van der Waals surface area contributed by atoms with Crippen LogP contribution in [-0.2, 0) is 4.74 Å². The number of hydrogen-bond acceptors (Lipinski definition) is 5. The zero-order valence-corrected chi connectivity index (χ0v) is 17.5. The molecule has 0 aliphatic carbocycles. The van der Waals surface area contributed by atoms with Gasteiger partial charge < -0.3 is 10.1 Å². The first-order chi connectivity index (χ1) is 12.8. The van der Waals surface area contributed by atoms with Crippen molar-refractivity contribution in [3.63, 3.8) is 0 Å². The summed E-state index contributed by atoms with van der Waals surface area (Å²) in [5, 5.41) is 8.23. The summed E-state index contributed by atoms with van der Waals surface area (Å²) in [6.45, 7) is 10.7. The van der Waals surface area contributed by atoms with Crippen molar-refractivity contribution in [2.75, 3.05) is 13.7 Å². The Kier molecular flexibility index (Phi) is 5.62. The number of amides is 1. The van der Waals surface area contributed by atoms with E-state index in [2.05, 4.69) is 44.2 Å². The smallest absolute Gasteiger partial charge is 0.252 e. The van der Waals surface area contributed by atoms with Gasteiger partial charge in [0.2, 0.25) is 0 Å². The molecule has 0 saturated carbocycles.